The number of fused-ring (bicyclic) bond motifs is 7. The maximum absolute atomic E-state index is 8.06. The number of thiazole rings is 1. The molecule has 5 rings (SSSR count). The Kier molecular flexibility index (Phi) is 5.12. The number of rotatable bonds is 0. The molecule has 3 fully saturated rings. The monoisotopic (exact) mass is 390 g/mol. The van der Waals surface area contributed by atoms with Crippen LogP contribution >= 0.6 is 11.3 Å². The van der Waals surface area contributed by atoms with E-state index in [-0.39, 0.29) is 6.10 Å². The first-order chi connectivity index (χ1) is 12.8. The van der Waals surface area contributed by atoms with Crippen molar-refractivity contribution in [1.82, 2.24) is 4.98 Å². The van der Waals surface area contributed by atoms with Crippen LogP contribution < -0.4 is 5.73 Å². The summed E-state index contributed by atoms with van der Waals surface area (Å²) in [7, 11) is 0. The van der Waals surface area contributed by atoms with E-state index in [4.69, 9.17) is 15.8 Å². The second-order valence-corrected chi connectivity index (χ2v) is 11.6. The Hall–Kier alpha value is -0.610. The van der Waals surface area contributed by atoms with Gasteiger partial charge in [0.25, 0.3) is 0 Å². The number of hydrogen-bond donors (Lipinski definition) is 2. The van der Waals surface area contributed by atoms with E-state index in [0.29, 0.717) is 10.8 Å². The number of aliphatic hydroxyl groups excluding tert-OH is 1. The molecule has 6 unspecified atom stereocenters. The summed E-state index contributed by atoms with van der Waals surface area (Å²) in [5.41, 5.74) is 8.37. The van der Waals surface area contributed by atoms with Gasteiger partial charge in [-0.1, -0.05) is 26.7 Å². The lowest BCUT2D eigenvalue weighted by molar-refractivity contribution is -0.0907. The predicted octanol–water partition coefficient (Wildman–Crippen LogP) is 5.56. The van der Waals surface area contributed by atoms with Gasteiger partial charge in [-0.05, 0) is 87.9 Å². The van der Waals surface area contributed by atoms with Crippen LogP contribution in [0.15, 0.2) is 0 Å². The third-order valence-electron chi connectivity index (χ3n) is 8.63. The maximum Gasteiger partial charge on any atom is 0.180 e. The van der Waals surface area contributed by atoms with Crippen LogP contribution in [-0.4, -0.2) is 16.2 Å². The molecule has 3 saturated carbocycles. The molecule has 4 aliphatic rings. The van der Waals surface area contributed by atoms with Gasteiger partial charge in [0, 0.05) is 16.4 Å². The van der Waals surface area contributed by atoms with E-state index in [9.17, 15) is 0 Å². The molecule has 3 nitrogen and oxygen atoms in total. The highest BCUT2D eigenvalue weighted by molar-refractivity contribution is 7.15. The lowest BCUT2D eigenvalue weighted by atomic mass is 9.45. The van der Waals surface area contributed by atoms with E-state index in [0.717, 1.165) is 28.8 Å². The van der Waals surface area contributed by atoms with Gasteiger partial charge in [0.1, 0.15) is 0 Å². The van der Waals surface area contributed by atoms with E-state index < -0.39 is 0 Å². The summed E-state index contributed by atoms with van der Waals surface area (Å²) in [5, 5.41) is 8.85. The third-order valence-corrected chi connectivity index (χ3v) is 9.54. The minimum atomic E-state index is -0.167. The molecule has 27 heavy (non-hydrogen) atoms. The van der Waals surface area contributed by atoms with Crippen molar-refractivity contribution in [2.75, 3.05) is 5.73 Å². The van der Waals surface area contributed by atoms with Crippen molar-refractivity contribution < 1.29 is 5.11 Å². The molecule has 0 amide bonds. The minimum Gasteiger partial charge on any atom is -0.394 e. The number of aromatic nitrogens is 1. The minimum absolute atomic E-state index is 0.167. The lowest BCUT2D eigenvalue weighted by Crippen LogP contribution is -2.53. The van der Waals surface area contributed by atoms with Crippen molar-refractivity contribution >= 4 is 16.5 Å². The van der Waals surface area contributed by atoms with Gasteiger partial charge in [0.05, 0.1) is 5.69 Å². The Balaban J connectivity index is 0.000000413. The fraction of sp³-hybridized carbons (Fsp3) is 0.870. The first-order valence-electron chi connectivity index (χ1n) is 11.2. The highest BCUT2D eigenvalue weighted by Gasteiger charge is 2.59. The molecule has 152 valence electrons. The Labute approximate surface area is 169 Å². The lowest BCUT2D eigenvalue weighted by Gasteiger charge is -2.59. The van der Waals surface area contributed by atoms with Crippen molar-refractivity contribution in [2.45, 2.75) is 97.0 Å². The normalized spacial score (nSPS) is 42.4. The van der Waals surface area contributed by atoms with Crippen LogP contribution in [0.25, 0.3) is 0 Å². The van der Waals surface area contributed by atoms with Gasteiger partial charge in [-0.15, -0.1) is 11.3 Å². The summed E-state index contributed by atoms with van der Waals surface area (Å²) < 4.78 is 0. The zero-order chi connectivity index (χ0) is 19.4. The van der Waals surface area contributed by atoms with Crippen molar-refractivity contribution in [3.8, 4) is 0 Å². The molecule has 0 saturated heterocycles. The molecular weight excluding hydrogens is 352 g/mol. The zero-order valence-electron chi connectivity index (χ0n) is 17.6. The molecule has 1 aromatic heterocycles. The Morgan fingerprint density at radius 2 is 1.81 bits per heavy atom. The average molecular weight is 391 g/mol. The van der Waals surface area contributed by atoms with Crippen molar-refractivity contribution in [2.24, 2.45) is 29.1 Å². The molecule has 1 heterocycles. The van der Waals surface area contributed by atoms with Crippen LogP contribution in [0.4, 0.5) is 5.13 Å². The smallest absolute Gasteiger partial charge is 0.180 e. The summed E-state index contributed by atoms with van der Waals surface area (Å²) >= 11 is 1.77. The van der Waals surface area contributed by atoms with E-state index in [2.05, 4.69) is 13.8 Å². The molecule has 0 radical (unpaired) electrons. The van der Waals surface area contributed by atoms with Crippen molar-refractivity contribution in [3.05, 3.63) is 10.6 Å². The quantitative estimate of drug-likeness (QED) is 0.610. The number of aliphatic hydroxyl groups is 1. The van der Waals surface area contributed by atoms with Crippen LogP contribution in [0.2, 0.25) is 0 Å². The predicted molar refractivity (Wildman–Crippen MR) is 114 cm³/mol. The Morgan fingerprint density at radius 1 is 1.07 bits per heavy atom. The van der Waals surface area contributed by atoms with Crippen LogP contribution in [0, 0.1) is 29.1 Å². The van der Waals surface area contributed by atoms with Crippen molar-refractivity contribution in [3.63, 3.8) is 0 Å². The highest BCUT2D eigenvalue weighted by atomic mass is 32.1. The van der Waals surface area contributed by atoms with Crippen LogP contribution in [0.3, 0.4) is 0 Å². The second kappa shape index (κ2) is 7.02. The fourth-order valence-corrected chi connectivity index (χ4v) is 8.47. The summed E-state index contributed by atoms with van der Waals surface area (Å²) in [5.74, 6) is 3.78. The molecule has 4 heteroatoms. The van der Waals surface area contributed by atoms with E-state index in [1.807, 2.05) is 0 Å². The number of nitrogen functional groups attached to an aromatic ring is 1. The first-order valence-corrected chi connectivity index (χ1v) is 12.0. The largest absolute Gasteiger partial charge is 0.394 e. The Morgan fingerprint density at radius 3 is 2.56 bits per heavy atom. The molecule has 0 aromatic carbocycles. The fourth-order valence-electron chi connectivity index (χ4n) is 7.44. The molecule has 1 aromatic rings. The number of nitrogens with two attached hydrogens (primary N) is 1. The summed E-state index contributed by atoms with van der Waals surface area (Å²) in [6, 6.07) is 0. The van der Waals surface area contributed by atoms with Gasteiger partial charge >= 0.3 is 0 Å². The maximum atomic E-state index is 8.06. The van der Waals surface area contributed by atoms with Gasteiger partial charge in [0.15, 0.2) is 5.13 Å². The van der Waals surface area contributed by atoms with Gasteiger partial charge in [-0.3, -0.25) is 0 Å². The zero-order valence-corrected chi connectivity index (χ0v) is 18.4. The van der Waals surface area contributed by atoms with Crippen molar-refractivity contribution in [1.29, 1.82) is 0 Å². The standard InChI is InChI=1S/C20H30N2S.C3H8O/c1-19-9-4-3-5-12(19)6-7-13-14(19)8-10-20(2)15(13)11-16-17(20)22-18(21)23-16;1-3(2)4/h12-15H,3-11H2,1-2H3,(H2,21,22);3-4H,1-2H3. The van der Waals surface area contributed by atoms with Gasteiger partial charge < -0.3 is 10.8 Å². The summed E-state index contributed by atoms with van der Waals surface area (Å²) in [6.07, 6.45) is 12.8. The summed E-state index contributed by atoms with van der Waals surface area (Å²) in [4.78, 5) is 6.30. The highest BCUT2D eigenvalue weighted by Crippen LogP contribution is 2.65. The van der Waals surface area contributed by atoms with Crippen LogP contribution in [0.5, 0.6) is 0 Å². The SMILES string of the molecule is CC(C)O.CC12CCC3C(CCC4CCCCC43C)C1Cc1sc(N)nc12. The van der Waals surface area contributed by atoms with Crippen LogP contribution in [-0.2, 0) is 11.8 Å². The molecule has 0 aliphatic heterocycles. The Bertz CT molecular complexity index is 683. The van der Waals surface area contributed by atoms with Crippen LogP contribution in [0.1, 0.15) is 89.6 Å². The number of anilines is 1. The molecule has 0 bridgehead atoms. The number of hydrogen-bond acceptors (Lipinski definition) is 4. The molecule has 6 atom stereocenters. The van der Waals surface area contributed by atoms with Gasteiger partial charge in [0.2, 0.25) is 0 Å². The van der Waals surface area contributed by atoms with E-state index >= 15 is 0 Å². The van der Waals surface area contributed by atoms with Gasteiger partial charge in [-0.25, -0.2) is 4.98 Å². The van der Waals surface area contributed by atoms with E-state index in [1.54, 1.807) is 25.2 Å². The molecule has 0 spiro atoms. The average Bonchev–Trinajstić information content (AvgIpc) is 3.09. The topological polar surface area (TPSA) is 59.1 Å². The molecule has 3 N–H and O–H groups in total. The molecule has 4 aliphatic carbocycles. The van der Waals surface area contributed by atoms with E-state index in [1.165, 1.54) is 68.4 Å². The summed E-state index contributed by atoms with van der Waals surface area (Å²) in [6.45, 7) is 8.62. The molecular formula is C23H38N2OS. The second-order valence-electron chi connectivity index (χ2n) is 10.5. The number of nitrogens with zero attached hydrogens (tertiary/aromatic N) is 1. The third kappa shape index (κ3) is 3.15. The first kappa shape index (κ1) is 19.7. The van der Waals surface area contributed by atoms with Gasteiger partial charge in [-0.2, -0.15) is 0 Å².